The summed E-state index contributed by atoms with van der Waals surface area (Å²) in [6.45, 7) is 1.18. The molecular weight excluding hydrogens is 403 g/mol. The van der Waals surface area contributed by atoms with Crippen LogP contribution in [0.3, 0.4) is 0 Å². The lowest BCUT2D eigenvalue weighted by molar-refractivity contribution is 0.0946. The molecule has 1 N–H and O–H groups in total. The number of thiophene rings is 1. The number of hydrogen-bond acceptors (Lipinski definition) is 4. The first-order chi connectivity index (χ1) is 14.7. The van der Waals surface area contributed by atoms with E-state index in [9.17, 15) is 9.18 Å². The third kappa shape index (κ3) is 3.64. The first-order valence-corrected chi connectivity index (χ1v) is 10.5. The minimum Gasteiger partial charge on any atom is -0.454 e. The summed E-state index contributed by atoms with van der Waals surface area (Å²) in [5.41, 5.74) is 3.43. The van der Waals surface area contributed by atoms with Crippen LogP contribution < -0.4 is 14.8 Å². The van der Waals surface area contributed by atoms with Crippen LogP contribution >= 0.6 is 11.3 Å². The molecule has 7 heteroatoms. The molecule has 0 unspecified atom stereocenters. The van der Waals surface area contributed by atoms with Gasteiger partial charge in [0.2, 0.25) is 6.79 Å². The number of aromatic nitrogens is 1. The largest absolute Gasteiger partial charge is 0.454 e. The van der Waals surface area contributed by atoms with Gasteiger partial charge in [-0.1, -0.05) is 18.2 Å². The molecule has 1 aliphatic heterocycles. The van der Waals surface area contributed by atoms with Gasteiger partial charge in [-0.05, 0) is 59.3 Å². The zero-order valence-electron chi connectivity index (χ0n) is 16.1. The Balaban J connectivity index is 1.31. The molecule has 0 saturated heterocycles. The van der Waals surface area contributed by atoms with Crippen LogP contribution in [0.1, 0.15) is 21.6 Å². The Morgan fingerprint density at radius 3 is 2.87 bits per heavy atom. The normalized spacial score (nSPS) is 12.4. The van der Waals surface area contributed by atoms with Gasteiger partial charge in [0.25, 0.3) is 5.91 Å². The van der Waals surface area contributed by atoms with Crippen molar-refractivity contribution in [3.05, 3.63) is 82.6 Å². The van der Waals surface area contributed by atoms with Crippen LogP contribution in [0.4, 0.5) is 4.39 Å². The number of fused-ring (bicyclic) bond motifs is 2. The van der Waals surface area contributed by atoms with E-state index in [-0.39, 0.29) is 18.5 Å². The van der Waals surface area contributed by atoms with E-state index >= 15 is 0 Å². The summed E-state index contributed by atoms with van der Waals surface area (Å²) in [5, 5.41) is 5.00. The first kappa shape index (κ1) is 18.7. The zero-order chi connectivity index (χ0) is 20.5. The van der Waals surface area contributed by atoms with Gasteiger partial charge in [0.15, 0.2) is 11.5 Å². The summed E-state index contributed by atoms with van der Waals surface area (Å²) in [5.74, 6) is 1.06. The van der Waals surface area contributed by atoms with Gasteiger partial charge in [-0.3, -0.25) is 4.79 Å². The van der Waals surface area contributed by atoms with Gasteiger partial charge in [0.1, 0.15) is 11.5 Å². The number of carbonyl (C=O) groups excluding carboxylic acids is 1. The number of benzene rings is 2. The highest BCUT2D eigenvalue weighted by molar-refractivity contribution is 7.17. The molecule has 5 rings (SSSR count). The van der Waals surface area contributed by atoms with E-state index < -0.39 is 0 Å². The molecule has 152 valence electrons. The summed E-state index contributed by atoms with van der Waals surface area (Å²) in [7, 11) is 0. The molecule has 0 saturated carbocycles. The van der Waals surface area contributed by atoms with Gasteiger partial charge in [0, 0.05) is 13.1 Å². The summed E-state index contributed by atoms with van der Waals surface area (Å²) >= 11 is 1.58. The topological polar surface area (TPSA) is 52.5 Å². The van der Waals surface area contributed by atoms with Crippen LogP contribution in [0.5, 0.6) is 11.5 Å². The molecule has 0 bridgehead atoms. The number of halogens is 1. The van der Waals surface area contributed by atoms with Crippen molar-refractivity contribution in [2.75, 3.05) is 13.3 Å². The maximum absolute atomic E-state index is 13.6. The Kier molecular flexibility index (Phi) is 4.88. The highest BCUT2D eigenvalue weighted by Crippen LogP contribution is 2.32. The van der Waals surface area contributed by atoms with Gasteiger partial charge in [-0.15, -0.1) is 11.3 Å². The highest BCUT2D eigenvalue weighted by Gasteiger charge is 2.17. The number of carbonyl (C=O) groups is 1. The molecule has 3 heterocycles. The van der Waals surface area contributed by atoms with Crippen LogP contribution in [0.25, 0.3) is 10.2 Å². The van der Waals surface area contributed by atoms with Crippen LogP contribution in [-0.2, 0) is 13.0 Å². The lowest BCUT2D eigenvalue weighted by Gasteiger charge is -2.11. The third-order valence-corrected chi connectivity index (χ3v) is 5.97. The fourth-order valence-electron chi connectivity index (χ4n) is 3.66. The van der Waals surface area contributed by atoms with Gasteiger partial charge in [-0.25, -0.2) is 4.39 Å². The molecule has 2 aromatic carbocycles. The monoisotopic (exact) mass is 422 g/mol. The number of ether oxygens (including phenoxy) is 2. The lowest BCUT2D eigenvalue weighted by atomic mass is 10.1. The zero-order valence-corrected chi connectivity index (χ0v) is 16.9. The minimum atomic E-state index is -0.282. The van der Waals surface area contributed by atoms with Crippen LogP contribution in [0.2, 0.25) is 0 Å². The van der Waals surface area contributed by atoms with E-state index in [0.29, 0.717) is 25.2 Å². The maximum Gasteiger partial charge on any atom is 0.267 e. The van der Waals surface area contributed by atoms with E-state index in [1.807, 2.05) is 46.3 Å². The third-order valence-electron chi connectivity index (χ3n) is 5.12. The molecule has 1 amide bonds. The van der Waals surface area contributed by atoms with Crippen LogP contribution in [-0.4, -0.2) is 23.8 Å². The van der Waals surface area contributed by atoms with E-state index in [4.69, 9.17) is 9.47 Å². The molecule has 0 aliphatic carbocycles. The second kappa shape index (κ2) is 7.84. The van der Waals surface area contributed by atoms with Crippen molar-refractivity contribution in [3.63, 3.8) is 0 Å². The fourth-order valence-corrected chi connectivity index (χ4v) is 4.48. The standard InChI is InChI=1S/C23H19FN2O3S/c24-17-3-1-2-16(10-17)13-26-18-7-9-30-22(18)12-19(26)23(27)25-8-6-15-4-5-20-21(11-15)29-14-28-20/h1-5,7,9-12H,6,8,13-14H2,(H,25,27). The summed E-state index contributed by atoms with van der Waals surface area (Å²) in [6.07, 6.45) is 0.682. The average Bonchev–Trinajstić information content (AvgIpc) is 3.45. The Hall–Kier alpha value is -3.32. The molecule has 30 heavy (non-hydrogen) atoms. The number of rotatable bonds is 6. The number of amides is 1. The Bertz CT molecular complexity index is 1230. The van der Waals surface area contributed by atoms with Crippen molar-refractivity contribution in [1.82, 2.24) is 9.88 Å². The van der Waals surface area contributed by atoms with Gasteiger partial charge in [0.05, 0.1) is 10.2 Å². The maximum atomic E-state index is 13.6. The molecule has 1 aliphatic rings. The average molecular weight is 422 g/mol. The molecule has 0 atom stereocenters. The summed E-state index contributed by atoms with van der Waals surface area (Å²) < 4.78 is 27.3. The number of hydrogen-bond donors (Lipinski definition) is 1. The van der Waals surface area contributed by atoms with Crippen molar-refractivity contribution >= 4 is 27.5 Å². The van der Waals surface area contributed by atoms with Crippen molar-refractivity contribution in [1.29, 1.82) is 0 Å². The van der Waals surface area contributed by atoms with E-state index in [1.165, 1.54) is 12.1 Å². The number of nitrogens with zero attached hydrogens (tertiary/aromatic N) is 1. The summed E-state index contributed by atoms with van der Waals surface area (Å²) in [6, 6.07) is 16.2. The minimum absolute atomic E-state index is 0.143. The van der Waals surface area contributed by atoms with Gasteiger partial charge in [-0.2, -0.15) is 0 Å². The first-order valence-electron chi connectivity index (χ1n) is 9.65. The molecule has 4 aromatic rings. The second-order valence-corrected chi connectivity index (χ2v) is 8.06. The molecule has 5 nitrogen and oxygen atoms in total. The Morgan fingerprint density at radius 1 is 1.07 bits per heavy atom. The fraction of sp³-hybridized carbons (Fsp3) is 0.174. The second-order valence-electron chi connectivity index (χ2n) is 7.11. The predicted octanol–water partition coefficient (Wildman–Crippen LogP) is 4.59. The molecular formula is C23H19FN2O3S. The Morgan fingerprint density at radius 2 is 1.97 bits per heavy atom. The Labute approximate surface area is 176 Å². The van der Waals surface area contributed by atoms with Crippen molar-refractivity contribution in [2.24, 2.45) is 0 Å². The molecule has 0 fully saturated rings. The van der Waals surface area contributed by atoms with Gasteiger partial charge < -0.3 is 19.4 Å². The smallest absolute Gasteiger partial charge is 0.267 e. The number of nitrogens with one attached hydrogen (secondary N) is 1. The van der Waals surface area contributed by atoms with Crippen LogP contribution in [0.15, 0.2) is 60.0 Å². The van der Waals surface area contributed by atoms with Crippen molar-refractivity contribution in [3.8, 4) is 11.5 Å². The quantitative estimate of drug-likeness (QED) is 0.494. The van der Waals surface area contributed by atoms with Gasteiger partial charge >= 0.3 is 0 Å². The molecule has 2 aromatic heterocycles. The van der Waals surface area contributed by atoms with Crippen LogP contribution in [0, 0.1) is 5.82 Å². The lowest BCUT2D eigenvalue weighted by Crippen LogP contribution is -2.28. The highest BCUT2D eigenvalue weighted by atomic mass is 32.1. The molecule has 0 spiro atoms. The van der Waals surface area contributed by atoms with Crippen molar-refractivity contribution in [2.45, 2.75) is 13.0 Å². The SMILES string of the molecule is O=C(NCCc1ccc2c(c1)OCO2)c1cc2sccc2n1Cc1cccc(F)c1. The summed E-state index contributed by atoms with van der Waals surface area (Å²) in [4.78, 5) is 12.9. The van der Waals surface area contributed by atoms with E-state index in [2.05, 4.69) is 5.32 Å². The van der Waals surface area contributed by atoms with Crippen molar-refractivity contribution < 1.29 is 18.7 Å². The molecule has 0 radical (unpaired) electrons. The predicted molar refractivity (Wildman–Crippen MR) is 114 cm³/mol. The van der Waals surface area contributed by atoms with E-state index in [0.717, 1.165) is 32.8 Å². The van der Waals surface area contributed by atoms with E-state index in [1.54, 1.807) is 17.4 Å².